The quantitative estimate of drug-likeness (QED) is 0.259. The fraction of sp³-hybridized carbons (Fsp3) is 0.222. The molecule has 0 amide bonds. The van der Waals surface area contributed by atoms with Gasteiger partial charge in [-0.2, -0.15) is 13.2 Å². The monoisotopic (exact) mass is 559 g/mol. The molecule has 0 bridgehead atoms. The number of carboxylic acid groups (broad SMARTS) is 1. The second kappa shape index (κ2) is 11.6. The maximum absolute atomic E-state index is 13.0. The number of carbonyl (C=O) groups excluding carboxylic acids is 1. The van der Waals surface area contributed by atoms with Crippen molar-refractivity contribution in [1.29, 1.82) is 0 Å². The largest absolute Gasteiger partial charge is 0.489 e. The van der Waals surface area contributed by atoms with Crippen LogP contribution in [-0.2, 0) is 24.1 Å². The molecular formula is C27H21ClF3N3O5. The van der Waals surface area contributed by atoms with Crippen molar-refractivity contribution < 1.29 is 32.6 Å². The minimum Gasteiger partial charge on any atom is -0.489 e. The molecule has 0 aliphatic heterocycles. The maximum atomic E-state index is 13.0. The third kappa shape index (κ3) is 6.99. The molecule has 0 aliphatic carbocycles. The molecule has 12 heteroatoms. The van der Waals surface area contributed by atoms with E-state index < -0.39 is 35.0 Å². The summed E-state index contributed by atoms with van der Waals surface area (Å²) in [4.78, 5) is 37.2. The fourth-order valence-electron chi connectivity index (χ4n) is 3.86. The summed E-state index contributed by atoms with van der Waals surface area (Å²) < 4.78 is 45.6. The van der Waals surface area contributed by atoms with E-state index in [1.807, 2.05) is 6.07 Å². The number of hydrogen-bond acceptors (Lipinski definition) is 6. The lowest BCUT2D eigenvalue weighted by Gasteiger charge is -2.13. The second-order valence-corrected chi connectivity index (χ2v) is 9.18. The molecule has 39 heavy (non-hydrogen) atoms. The van der Waals surface area contributed by atoms with Crippen molar-refractivity contribution in [2.24, 2.45) is 5.92 Å². The first-order valence-corrected chi connectivity index (χ1v) is 12.1. The van der Waals surface area contributed by atoms with Crippen molar-refractivity contribution in [1.82, 2.24) is 15.0 Å². The smallest absolute Gasteiger partial charge is 0.416 e. The van der Waals surface area contributed by atoms with E-state index in [9.17, 15) is 32.7 Å². The molecule has 4 aromatic rings. The number of halogens is 4. The zero-order valence-corrected chi connectivity index (χ0v) is 20.9. The molecule has 1 unspecified atom stereocenters. The van der Waals surface area contributed by atoms with Gasteiger partial charge >= 0.3 is 12.1 Å². The van der Waals surface area contributed by atoms with Crippen LogP contribution in [0.15, 0.2) is 71.5 Å². The summed E-state index contributed by atoms with van der Waals surface area (Å²) in [6, 6.07) is 15.9. The van der Waals surface area contributed by atoms with E-state index in [0.29, 0.717) is 16.8 Å². The van der Waals surface area contributed by atoms with Gasteiger partial charge in [-0.1, -0.05) is 28.9 Å². The molecule has 4 rings (SSSR count). The molecular weight excluding hydrogens is 539 g/mol. The fourth-order valence-corrected chi connectivity index (χ4v) is 4.07. The van der Waals surface area contributed by atoms with E-state index >= 15 is 0 Å². The van der Waals surface area contributed by atoms with Crippen LogP contribution in [0.1, 0.15) is 34.3 Å². The van der Waals surface area contributed by atoms with Crippen LogP contribution in [0.5, 0.6) is 5.75 Å². The van der Waals surface area contributed by atoms with Crippen LogP contribution in [0.25, 0.3) is 10.9 Å². The summed E-state index contributed by atoms with van der Waals surface area (Å²) in [5, 5.41) is 17.4. The van der Waals surface area contributed by atoms with E-state index in [1.54, 1.807) is 30.3 Å². The first-order valence-electron chi connectivity index (χ1n) is 11.7. The molecule has 3 aromatic carbocycles. The number of benzene rings is 3. The number of carbonyl (C=O) groups is 2. The topological polar surface area (TPSA) is 111 Å². The summed E-state index contributed by atoms with van der Waals surface area (Å²) in [5.41, 5.74) is -0.729. The maximum Gasteiger partial charge on any atom is 0.416 e. The standard InChI is InChI=1S/C27H21ClF3N3O5/c28-20-3-1-2-16(12-20)15-39-21-7-4-17(5-8-21)24(35)13-18(26(37)38)10-11-34-25(36)22-14-19(27(29,30)31)6-9-23(22)32-33-34/h1-9,12,14,18H,10-11,13,15H2,(H,37,38). The average Bonchev–Trinajstić information content (AvgIpc) is 2.90. The third-order valence-electron chi connectivity index (χ3n) is 5.99. The van der Waals surface area contributed by atoms with Crippen molar-refractivity contribution in [2.75, 3.05) is 0 Å². The van der Waals surface area contributed by atoms with Gasteiger partial charge in [-0.15, -0.1) is 5.10 Å². The van der Waals surface area contributed by atoms with Gasteiger partial charge < -0.3 is 9.84 Å². The Labute approximate surface area is 224 Å². The Morgan fingerprint density at radius 1 is 1.05 bits per heavy atom. The van der Waals surface area contributed by atoms with Gasteiger partial charge in [0.1, 0.15) is 17.9 Å². The summed E-state index contributed by atoms with van der Waals surface area (Å²) in [5.74, 6) is -2.35. The van der Waals surface area contributed by atoms with Crippen LogP contribution in [0.4, 0.5) is 13.2 Å². The number of aromatic nitrogens is 3. The van der Waals surface area contributed by atoms with E-state index in [1.165, 1.54) is 12.1 Å². The van der Waals surface area contributed by atoms with Gasteiger partial charge in [-0.25, -0.2) is 4.68 Å². The summed E-state index contributed by atoms with van der Waals surface area (Å²) in [7, 11) is 0. The average molecular weight is 560 g/mol. The Kier molecular flexibility index (Phi) is 8.29. The molecule has 0 radical (unpaired) electrons. The highest BCUT2D eigenvalue weighted by Crippen LogP contribution is 2.30. The Balaban J connectivity index is 1.40. The van der Waals surface area contributed by atoms with Crippen molar-refractivity contribution in [2.45, 2.75) is 32.2 Å². The number of aryl methyl sites for hydroxylation is 1. The van der Waals surface area contributed by atoms with Gasteiger partial charge in [0.25, 0.3) is 5.56 Å². The van der Waals surface area contributed by atoms with Crippen LogP contribution >= 0.6 is 11.6 Å². The lowest BCUT2D eigenvalue weighted by Crippen LogP contribution is -2.27. The molecule has 8 nitrogen and oxygen atoms in total. The van der Waals surface area contributed by atoms with Crippen LogP contribution < -0.4 is 10.3 Å². The molecule has 0 saturated heterocycles. The molecule has 0 aliphatic rings. The van der Waals surface area contributed by atoms with Crippen molar-refractivity contribution >= 4 is 34.3 Å². The summed E-state index contributed by atoms with van der Waals surface area (Å²) in [6.45, 7) is 0.0159. The molecule has 1 N–H and O–H groups in total. The van der Waals surface area contributed by atoms with Crippen LogP contribution in [-0.4, -0.2) is 31.9 Å². The zero-order valence-electron chi connectivity index (χ0n) is 20.2. The van der Waals surface area contributed by atoms with Crippen molar-refractivity contribution in [3.8, 4) is 5.75 Å². The molecule has 202 valence electrons. The highest BCUT2D eigenvalue weighted by molar-refractivity contribution is 6.30. The Morgan fingerprint density at radius 3 is 2.46 bits per heavy atom. The normalized spacial score (nSPS) is 12.3. The van der Waals surface area contributed by atoms with Gasteiger partial charge in [0.15, 0.2) is 5.78 Å². The minimum absolute atomic E-state index is 0.0193. The number of hydrogen-bond donors (Lipinski definition) is 1. The number of ether oxygens (including phenoxy) is 1. The predicted octanol–water partition coefficient (Wildman–Crippen LogP) is 5.41. The van der Waals surface area contributed by atoms with Crippen LogP contribution in [0.2, 0.25) is 5.02 Å². The number of ketones is 1. The molecule has 0 saturated carbocycles. The van der Waals surface area contributed by atoms with E-state index in [2.05, 4.69) is 10.3 Å². The number of carboxylic acids is 1. The first kappa shape index (κ1) is 27.8. The number of fused-ring (bicyclic) bond motifs is 1. The number of alkyl halides is 3. The second-order valence-electron chi connectivity index (χ2n) is 8.74. The molecule has 1 heterocycles. The van der Waals surface area contributed by atoms with Gasteiger partial charge in [0.05, 0.1) is 16.9 Å². The number of Topliss-reactive ketones (excluding diaryl/α,β-unsaturated/α-hetero) is 1. The number of rotatable bonds is 10. The van der Waals surface area contributed by atoms with Crippen LogP contribution in [0.3, 0.4) is 0 Å². The number of nitrogens with zero attached hydrogens (tertiary/aromatic N) is 3. The van der Waals surface area contributed by atoms with Gasteiger partial charge in [-0.05, 0) is 66.6 Å². The highest BCUT2D eigenvalue weighted by Gasteiger charge is 2.31. The Morgan fingerprint density at radius 2 is 1.79 bits per heavy atom. The van der Waals surface area contributed by atoms with Crippen molar-refractivity contribution in [3.63, 3.8) is 0 Å². The Hall–Kier alpha value is -4.25. The summed E-state index contributed by atoms with van der Waals surface area (Å²) in [6.07, 6.45) is -5.17. The third-order valence-corrected chi connectivity index (χ3v) is 6.23. The minimum atomic E-state index is -4.65. The number of aliphatic carboxylic acids is 1. The van der Waals surface area contributed by atoms with Crippen molar-refractivity contribution in [3.05, 3.63) is 98.8 Å². The first-order chi connectivity index (χ1) is 18.5. The van der Waals surface area contributed by atoms with E-state index in [-0.39, 0.29) is 42.5 Å². The predicted molar refractivity (Wildman–Crippen MR) is 136 cm³/mol. The lowest BCUT2D eigenvalue weighted by molar-refractivity contribution is -0.142. The molecule has 1 aromatic heterocycles. The molecule has 0 fully saturated rings. The van der Waals surface area contributed by atoms with Crippen LogP contribution in [0, 0.1) is 5.92 Å². The van der Waals surface area contributed by atoms with E-state index in [4.69, 9.17) is 16.3 Å². The summed E-state index contributed by atoms with van der Waals surface area (Å²) >= 11 is 5.96. The van der Waals surface area contributed by atoms with Gasteiger partial charge in [-0.3, -0.25) is 14.4 Å². The zero-order chi connectivity index (χ0) is 28.2. The SMILES string of the molecule is O=C(CC(CCn1nnc2ccc(C(F)(F)F)cc2c1=O)C(=O)O)c1ccc(OCc2cccc(Cl)c2)cc1. The lowest BCUT2D eigenvalue weighted by atomic mass is 9.95. The van der Waals surface area contributed by atoms with Gasteiger partial charge in [0, 0.05) is 23.6 Å². The highest BCUT2D eigenvalue weighted by atomic mass is 35.5. The Bertz CT molecular complexity index is 1570. The van der Waals surface area contributed by atoms with Gasteiger partial charge in [0.2, 0.25) is 0 Å². The van der Waals surface area contributed by atoms with E-state index in [0.717, 1.165) is 22.4 Å². The molecule has 0 spiro atoms. The molecule has 1 atom stereocenters.